The van der Waals surface area contributed by atoms with Crippen LogP contribution in [-0.4, -0.2) is 55.1 Å². The van der Waals surface area contributed by atoms with Crippen LogP contribution in [-0.2, 0) is 4.79 Å². The number of piperidine rings is 1. The number of carbonyl (C=O) groups is 1. The van der Waals surface area contributed by atoms with Gasteiger partial charge in [0.05, 0.1) is 18.3 Å². The summed E-state index contributed by atoms with van der Waals surface area (Å²) >= 11 is 0. The van der Waals surface area contributed by atoms with Gasteiger partial charge in [-0.1, -0.05) is 6.07 Å². The number of likely N-dealkylation sites (tertiary alicyclic amines) is 1. The Balaban J connectivity index is 1.59. The zero-order valence-corrected chi connectivity index (χ0v) is 13.8. The van der Waals surface area contributed by atoms with Gasteiger partial charge >= 0.3 is 0 Å². The Morgan fingerprint density at radius 2 is 2.04 bits per heavy atom. The lowest BCUT2D eigenvalue weighted by Crippen LogP contribution is -2.35. The van der Waals surface area contributed by atoms with E-state index in [0.29, 0.717) is 31.7 Å². The third kappa shape index (κ3) is 3.85. The molecule has 0 amide bonds. The molecule has 1 atom stereocenters. The van der Waals surface area contributed by atoms with Crippen molar-refractivity contribution in [2.24, 2.45) is 0 Å². The van der Waals surface area contributed by atoms with Crippen molar-refractivity contribution < 1.29 is 14.6 Å². The second kappa shape index (κ2) is 7.32. The average molecular weight is 318 g/mol. The second-order valence-electron chi connectivity index (χ2n) is 6.34. The largest absolute Gasteiger partial charge is 0.490 e. The number of anilines is 1. The Hall–Kier alpha value is -1.59. The van der Waals surface area contributed by atoms with E-state index >= 15 is 0 Å². The first-order valence-electron chi connectivity index (χ1n) is 8.61. The molecule has 0 spiro atoms. The van der Waals surface area contributed by atoms with Crippen LogP contribution in [0, 0.1) is 0 Å². The molecule has 1 aromatic rings. The maximum atomic E-state index is 11.3. The second-order valence-corrected chi connectivity index (χ2v) is 6.34. The minimum atomic E-state index is -0.487. The normalized spacial score (nSPS) is 20.1. The fourth-order valence-electron chi connectivity index (χ4n) is 3.33. The number of likely N-dealkylation sites (N-methyl/N-ethyl adjacent to an activating group) is 1. The number of ether oxygens (including phenoxy) is 1. The molecular weight excluding hydrogens is 292 g/mol. The van der Waals surface area contributed by atoms with Gasteiger partial charge in [-0.25, -0.2) is 0 Å². The van der Waals surface area contributed by atoms with Crippen molar-refractivity contribution in [3.63, 3.8) is 0 Å². The van der Waals surface area contributed by atoms with Gasteiger partial charge < -0.3 is 19.6 Å². The molecule has 0 aromatic heterocycles. The number of hydrogen-bond donors (Lipinski definition) is 1. The van der Waals surface area contributed by atoms with Gasteiger partial charge in [-0.15, -0.1) is 0 Å². The summed E-state index contributed by atoms with van der Waals surface area (Å²) in [5.41, 5.74) is 2.03. The van der Waals surface area contributed by atoms with Crippen LogP contribution < -0.4 is 9.64 Å². The Bertz CT molecular complexity index is 551. The number of aliphatic hydroxyl groups is 1. The van der Waals surface area contributed by atoms with E-state index in [0.717, 1.165) is 49.7 Å². The summed E-state index contributed by atoms with van der Waals surface area (Å²) < 4.78 is 5.75. The summed E-state index contributed by atoms with van der Waals surface area (Å²) in [5, 5.41) is 10.5. The predicted octanol–water partition coefficient (Wildman–Crippen LogP) is 1.99. The molecule has 2 heterocycles. The fourth-order valence-corrected chi connectivity index (χ4v) is 3.33. The Morgan fingerprint density at radius 1 is 1.26 bits per heavy atom. The van der Waals surface area contributed by atoms with Crippen LogP contribution in [0.3, 0.4) is 0 Å². The number of benzene rings is 1. The van der Waals surface area contributed by atoms with Gasteiger partial charge in [0.1, 0.15) is 18.1 Å². The number of ketones is 1. The minimum absolute atomic E-state index is 0.356. The van der Waals surface area contributed by atoms with Crippen LogP contribution in [0.5, 0.6) is 5.75 Å². The molecule has 0 aliphatic carbocycles. The molecule has 3 rings (SSSR count). The van der Waals surface area contributed by atoms with Crippen LogP contribution in [0.15, 0.2) is 18.2 Å². The number of aliphatic hydroxyl groups excluding tert-OH is 1. The van der Waals surface area contributed by atoms with Crippen LogP contribution in [0.1, 0.15) is 37.9 Å². The molecule has 1 fully saturated rings. The standard InChI is InChI=1S/C18H26N2O3/c1-2-20-11-12-23-18-13-14(3-4-16(18)20)17(22)7-10-19-8-5-15(21)6-9-19/h3-4,13,17,22H,2,5-12H2,1H3. The number of fused-ring (bicyclic) bond motifs is 1. The molecule has 2 aliphatic heterocycles. The summed E-state index contributed by atoms with van der Waals surface area (Å²) in [5.74, 6) is 1.23. The van der Waals surface area contributed by atoms with Gasteiger partial charge in [-0.05, 0) is 31.0 Å². The summed E-state index contributed by atoms with van der Waals surface area (Å²) in [6.45, 7) is 7.19. The predicted molar refractivity (Wildman–Crippen MR) is 90.1 cm³/mol. The molecule has 0 saturated carbocycles. The highest BCUT2D eigenvalue weighted by molar-refractivity contribution is 5.79. The summed E-state index contributed by atoms with van der Waals surface area (Å²) in [4.78, 5) is 15.8. The first-order chi connectivity index (χ1) is 11.2. The third-order valence-corrected chi connectivity index (χ3v) is 4.84. The van der Waals surface area contributed by atoms with Crippen molar-refractivity contribution in [1.82, 2.24) is 4.90 Å². The number of nitrogens with zero attached hydrogens (tertiary/aromatic N) is 2. The lowest BCUT2D eigenvalue weighted by Gasteiger charge is -2.31. The first kappa shape index (κ1) is 16.3. The number of rotatable bonds is 5. The monoisotopic (exact) mass is 318 g/mol. The summed E-state index contributed by atoms with van der Waals surface area (Å²) in [6, 6.07) is 6.03. The first-order valence-corrected chi connectivity index (χ1v) is 8.61. The van der Waals surface area contributed by atoms with E-state index in [1.54, 1.807) is 0 Å². The Morgan fingerprint density at radius 3 is 2.78 bits per heavy atom. The topological polar surface area (TPSA) is 53.0 Å². The maximum Gasteiger partial charge on any atom is 0.143 e. The van der Waals surface area contributed by atoms with Crippen molar-refractivity contribution in [3.05, 3.63) is 23.8 Å². The van der Waals surface area contributed by atoms with Gasteiger partial charge in [-0.2, -0.15) is 0 Å². The molecule has 1 N–H and O–H groups in total. The molecule has 0 radical (unpaired) electrons. The number of carbonyl (C=O) groups excluding carboxylic acids is 1. The molecule has 1 saturated heterocycles. The van der Waals surface area contributed by atoms with Crippen LogP contribution in [0.4, 0.5) is 5.69 Å². The van der Waals surface area contributed by atoms with Gasteiger partial charge in [-0.3, -0.25) is 4.79 Å². The van der Waals surface area contributed by atoms with Crippen molar-refractivity contribution in [2.45, 2.75) is 32.3 Å². The van der Waals surface area contributed by atoms with Gasteiger partial charge in [0.2, 0.25) is 0 Å². The van der Waals surface area contributed by atoms with Gasteiger partial charge in [0.25, 0.3) is 0 Å². The van der Waals surface area contributed by atoms with E-state index in [-0.39, 0.29) is 0 Å². The molecule has 5 heteroatoms. The van der Waals surface area contributed by atoms with E-state index < -0.39 is 6.10 Å². The van der Waals surface area contributed by atoms with Crippen molar-refractivity contribution in [1.29, 1.82) is 0 Å². The average Bonchev–Trinajstić information content (AvgIpc) is 2.60. The Kier molecular flexibility index (Phi) is 5.18. The van der Waals surface area contributed by atoms with E-state index in [1.165, 1.54) is 0 Å². The Labute approximate surface area is 137 Å². The number of Topliss-reactive ketones (excluding diaryl/α,β-unsaturated/α-hetero) is 1. The quantitative estimate of drug-likeness (QED) is 0.900. The zero-order valence-electron chi connectivity index (χ0n) is 13.8. The lowest BCUT2D eigenvalue weighted by atomic mass is 10.0. The van der Waals surface area contributed by atoms with Gasteiger partial charge in [0, 0.05) is 39.0 Å². The molecule has 1 aromatic carbocycles. The minimum Gasteiger partial charge on any atom is -0.490 e. The molecule has 0 bridgehead atoms. The molecule has 126 valence electrons. The zero-order chi connectivity index (χ0) is 16.2. The fraction of sp³-hybridized carbons (Fsp3) is 0.611. The number of hydrogen-bond acceptors (Lipinski definition) is 5. The molecule has 23 heavy (non-hydrogen) atoms. The van der Waals surface area contributed by atoms with E-state index in [2.05, 4.69) is 22.8 Å². The SMILES string of the molecule is CCN1CCOc2cc(C(O)CCN3CCC(=O)CC3)ccc21. The maximum absolute atomic E-state index is 11.3. The van der Waals surface area contributed by atoms with Crippen molar-refractivity contribution >= 4 is 11.5 Å². The van der Waals surface area contributed by atoms with Crippen molar-refractivity contribution in [2.75, 3.05) is 44.2 Å². The molecule has 1 unspecified atom stereocenters. The smallest absolute Gasteiger partial charge is 0.143 e. The molecule has 2 aliphatic rings. The highest BCUT2D eigenvalue weighted by Gasteiger charge is 2.20. The van der Waals surface area contributed by atoms with E-state index in [9.17, 15) is 9.90 Å². The van der Waals surface area contributed by atoms with Crippen LogP contribution >= 0.6 is 0 Å². The highest BCUT2D eigenvalue weighted by atomic mass is 16.5. The van der Waals surface area contributed by atoms with Gasteiger partial charge in [0.15, 0.2) is 0 Å². The van der Waals surface area contributed by atoms with Crippen LogP contribution in [0.2, 0.25) is 0 Å². The van der Waals surface area contributed by atoms with E-state index in [1.807, 2.05) is 12.1 Å². The molecular formula is C18H26N2O3. The van der Waals surface area contributed by atoms with E-state index in [4.69, 9.17) is 4.74 Å². The lowest BCUT2D eigenvalue weighted by molar-refractivity contribution is -0.121. The highest BCUT2D eigenvalue weighted by Crippen LogP contribution is 2.34. The molecule has 5 nitrogen and oxygen atoms in total. The van der Waals surface area contributed by atoms with Crippen molar-refractivity contribution in [3.8, 4) is 5.75 Å². The third-order valence-electron chi connectivity index (χ3n) is 4.84. The van der Waals surface area contributed by atoms with Crippen LogP contribution in [0.25, 0.3) is 0 Å². The summed E-state index contributed by atoms with van der Waals surface area (Å²) in [7, 11) is 0. The summed E-state index contributed by atoms with van der Waals surface area (Å²) in [6.07, 6.45) is 1.49.